The molecule has 1 atom stereocenters. The molecule has 1 saturated heterocycles. The number of carbonyl (C=O) groups is 2. The number of amides is 2. The van der Waals surface area contributed by atoms with E-state index in [0.29, 0.717) is 19.5 Å². The van der Waals surface area contributed by atoms with E-state index in [1.165, 1.54) is 0 Å². The highest BCUT2D eigenvalue weighted by atomic mass is 16.6. The highest BCUT2D eigenvalue weighted by molar-refractivity contribution is 6.00. The number of rotatable bonds is 2. The molecule has 0 N–H and O–H groups in total. The van der Waals surface area contributed by atoms with E-state index in [-0.39, 0.29) is 5.91 Å². The Balaban J connectivity index is 1.80. The molecule has 1 aromatic rings. The van der Waals surface area contributed by atoms with Gasteiger partial charge in [0.15, 0.2) is 0 Å². The van der Waals surface area contributed by atoms with Crippen molar-refractivity contribution >= 4 is 17.7 Å². The Kier molecular flexibility index (Phi) is 5.12. The zero-order valence-corrected chi connectivity index (χ0v) is 16.1. The van der Waals surface area contributed by atoms with Crippen LogP contribution in [-0.2, 0) is 16.0 Å². The van der Waals surface area contributed by atoms with Crippen LogP contribution in [0.3, 0.4) is 0 Å². The second-order valence-corrected chi connectivity index (χ2v) is 7.92. The van der Waals surface area contributed by atoms with Gasteiger partial charge in [-0.05, 0) is 70.2 Å². The van der Waals surface area contributed by atoms with Gasteiger partial charge in [0, 0.05) is 18.8 Å². The Labute approximate surface area is 155 Å². The first-order valence-electron chi connectivity index (χ1n) is 9.28. The number of carbonyl (C=O) groups excluding carboxylic acids is 2. The summed E-state index contributed by atoms with van der Waals surface area (Å²) in [4.78, 5) is 29.2. The van der Waals surface area contributed by atoms with Crippen LogP contribution >= 0.6 is 0 Å². The molecule has 0 spiro atoms. The Bertz CT molecular complexity index is 696. The number of methoxy groups -OCH3 is 1. The second kappa shape index (κ2) is 7.17. The molecule has 3 rings (SSSR count). The SMILES string of the molecule is COc1ccc2c(c1)CCCN2C(=O)[C@@H]1CCCN1C(=O)OC(C)(C)C. The monoisotopic (exact) mass is 360 g/mol. The van der Waals surface area contributed by atoms with Crippen molar-refractivity contribution in [3.05, 3.63) is 23.8 Å². The van der Waals surface area contributed by atoms with E-state index < -0.39 is 17.7 Å². The fourth-order valence-corrected chi connectivity index (χ4v) is 3.67. The van der Waals surface area contributed by atoms with Gasteiger partial charge in [0.05, 0.1) is 7.11 Å². The molecule has 2 amide bonds. The first-order valence-corrected chi connectivity index (χ1v) is 9.28. The van der Waals surface area contributed by atoms with E-state index in [1.54, 1.807) is 12.0 Å². The van der Waals surface area contributed by atoms with Gasteiger partial charge in [-0.15, -0.1) is 0 Å². The van der Waals surface area contributed by atoms with Gasteiger partial charge in [-0.3, -0.25) is 9.69 Å². The van der Waals surface area contributed by atoms with Crippen LogP contribution in [0, 0.1) is 0 Å². The topological polar surface area (TPSA) is 59.1 Å². The zero-order valence-electron chi connectivity index (χ0n) is 16.1. The quantitative estimate of drug-likeness (QED) is 0.811. The molecule has 1 fully saturated rings. The fraction of sp³-hybridized carbons (Fsp3) is 0.600. The van der Waals surface area contributed by atoms with Gasteiger partial charge in [0.2, 0.25) is 5.91 Å². The predicted molar refractivity (Wildman–Crippen MR) is 99.6 cm³/mol. The van der Waals surface area contributed by atoms with Crippen LogP contribution in [0.5, 0.6) is 5.75 Å². The third-order valence-corrected chi connectivity index (χ3v) is 4.84. The van der Waals surface area contributed by atoms with Crippen LogP contribution in [0.1, 0.15) is 45.6 Å². The number of nitrogens with zero attached hydrogens (tertiary/aromatic N) is 2. The fourth-order valence-electron chi connectivity index (χ4n) is 3.67. The first kappa shape index (κ1) is 18.5. The van der Waals surface area contributed by atoms with Crippen molar-refractivity contribution in [2.75, 3.05) is 25.1 Å². The van der Waals surface area contributed by atoms with Crippen molar-refractivity contribution in [3.63, 3.8) is 0 Å². The number of likely N-dealkylation sites (tertiary alicyclic amines) is 1. The summed E-state index contributed by atoms with van der Waals surface area (Å²) in [7, 11) is 1.64. The lowest BCUT2D eigenvalue weighted by molar-refractivity contribution is -0.123. The molecule has 0 unspecified atom stereocenters. The number of hydrogen-bond donors (Lipinski definition) is 0. The molecule has 2 aliphatic heterocycles. The van der Waals surface area contributed by atoms with Gasteiger partial charge in [0.25, 0.3) is 0 Å². The molecular formula is C20H28N2O4. The minimum absolute atomic E-state index is 0.0144. The van der Waals surface area contributed by atoms with Crippen LogP contribution in [0.2, 0.25) is 0 Å². The van der Waals surface area contributed by atoms with E-state index >= 15 is 0 Å². The number of benzene rings is 1. The summed E-state index contributed by atoms with van der Waals surface area (Å²) < 4.78 is 10.8. The van der Waals surface area contributed by atoms with Gasteiger partial charge in [0.1, 0.15) is 17.4 Å². The van der Waals surface area contributed by atoms with Gasteiger partial charge < -0.3 is 14.4 Å². The minimum atomic E-state index is -0.568. The average molecular weight is 360 g/mol. The molecule has 2 heterocycles. The van der Waals surface area contributed by atoms with Gasteiger partial charge >= 0.3 is 6.09 Å². The molecule has 6 nitrogen and oxygen atoms in total. The van der Waals surface area contributed by atoms with Crippen LogP contribution in [0.4, 0.5) is 10.5 Å². The lowest BCUT2D eigenvalue weighted by atomic mass is 10.00. The summed E-state index contributed by atoms with van der Waals surface area (Å²) in [6.07, 6.45) is 2.93. The summed E-state index contributed by atoms with van der Waals surface area (Å²) in [5, 5.41) is 0. The van der Waals surface area contributed by atoms with E-state index in [9.17, 15) is 9.59 Å². The van der Waals surface area contributed by atoms with Gasteiger partial charge in [-0.2, -0.15) is 0 Å². The number of aryl methyl sites for hydroxylation is 1. The molecule has 26 heavy (non-hydrogen) atoms. The van der Waals surface area contributed by atoms with Crippen LogP contribution in [0.15, 0.2) is 18.2 Å². The molecule has 0 radical (unpaired) electrons. The second-order valence-electron chi connectivity index (χ2n) is 7.92. The minimum Gasteiger partial charge on any atom is -0.497 e. The van der Waals surface area contributed by atoms with Crippen molar-refractivity contribution in [3.8, 4) is 5.75 Å². The van der Waals surface area contributed by atoms with E-state index in [2.05, 4.69) is 0 Å². The number of ether oxygens (including phenoxy) is 2. The van der Waals surface area contributed by atoms with Crippen molar-refractivity contribution in [2.45, 2.75) is 58.1 Å². The highest BCUT2D eigenvalue weighted by Crippen LogP contribution is 2.33. The standard InChI is InChI=1S/C20H28N2O4/c1-20(2,3)26-19(24)22-12-6-8-17(22)18(23)21-11-5-7-14-13-15(25-4)9-10-16(14)21/h9-10,13,17H,5-8,11-12H2,1-4H3/t17-/m0/s1. The summed E-state index contributed by atoms with van der Waals surface area (Å²) in [5.41, 5.74) is 1.48. The Morgan fingerprint density at radius 3 is 2.62 bits per heavy atom. The van der Waals surface area contributed by atoms with Crippen LogP contribution < -0.4 is 9.64 Å². The maximum atomic E-state index is 13.2. The molecule has 2 aliphatic rings. The lowest BCUT2D eigenvalue weighted by Crippen LogP contribution is -2.50. The Morgan fingerprint density at radius 2 is 1.92 bits per heavy atom. The molecule has 0 aromatic heterocycles. The third-order valence-electron chi connectivity index (χ3n) is 4.84. The lowest BCUT2D eigenvalue weighted by Gasteiger charge is -2.34. The first-order chi connectivity index (χ1) is 12.3. The Morgan fingerprint density at radius 1 is 1.15 bits per heavy atom. The number of hydrogen-bond acceptors (Lipinski definition) is 4. The van der Waals surface area contributed by atoms with E-state index in [1.807, 2.05) is 43.9 Å². The van der Waals surface area contributed by atoms with Crippen LogP contribution in [-0.4, -0.2) is 48.7 Å². The summed E-state index contributed by atoms with van der Waals surface area (Å²) in [6.45, 7) is 6.76. The highest BCUT2D eigenvalue weighted by Gasteiger charge is 2.39. The summed E-state index contributed by atoms with van der Waals surface area (Å²) in [6, 6.07) is 5.37. The van der Waals surface area contributed by atoms with Crippen LogP contribution in [0.25, 0.3) is 0 Å². The smallest absolute Gasteiger partial charge is 0.410 e. The van der Waals surface area contributed by atoms with E-state index in [0.717, 1.165) is 36.3 Å². The average Bonchev–Trinajstić information content (AvgIpc) is 3.08. The molecule has 142 valence electrons. The van der Waals surface area contributed by atoms with Crippen molar-refractivity contribution in [2.24, 2.45) is 0 Å². The van der Waals surface area contributed by atoms with Crippen molar-refractivity contribution in [1.82, 2.24) is 4.90 Å². The number of fused-ring (bicyclic) bond motifs is 1. The molecule has 0 bridgehead atoms. The van der Waals surface area contributed by atoms with Crippen molar-refractivity contribution < 1.29 is 19.1 Å². The Hall–Kier alpha value is -2.24. The molecule has 0 aliphatic carbocycles. The maximum Gasteiger partial charge on any atom is 0.410 e. The third kappa shape index (κ3) is 3.79. The maximum absolute atomic E-state index is 13.2. The molecule has 6 heteroatoms. The van der Waals surface area contributed by atoms with E-state index in [4.69, 9.17) is 9.47 Å². The summed E-state index contributed by atoms with van der Waals surface area (Å²) >= 11 is 0. The molecular weight excluding hydrogens is 332 g/mol. The summed E-state index contributed by atoms with van der Waals surface area (Å²) in [5.74, 6) is 0.786. The predicted octanol–water partition coefficient (Wildman–Crippen LogP) is 3.37. The number of anilines is 1. The zero-order chi connectivity index (χ0) is 18.9. The molecule has 0 saturated carbocycles. The van der Waals surface area contributed by atoms with Crippen molar-refractivity contribution in [1.29, 1.82) is 0 Å². The molecule has 1 aromatic carbocycles. The largest absolute Gasteiger partial charge is 0.497 e. The van der Waals surface area contributed by atoms with Gasteiger partial charge in [-0.1, -0.05) is 0 Å². The van der Waals surface area contributed by atoms with Gasteiger partial charge in [-0.25, -0.2) is 4.79 Å². The normalized spacial score (nSPS) is 19.9.